The molecule has 0 spiro atoms. The summed E-state index contributed by atoms with van der Waals surface area (Å²) in [6, 6.07) is 9.52. The Bertz CT molecular complexity index is 678. The number of carbonyl (C=O) groups excluding carboxylic acids is 1. The lowest BCUT2D eigenvalue weighted by Gasteiger charge is -2.20. The van der Waals surface area contributed by atoms with Gasteiger partial charge in [0.15, 0.2) is 0 Å². The fourth-order valence-electron chi connectivity index (χ4n) is 2.09. The highest BCUT2D eigenvalue weighted by Gasteiger charge is 2.16. The molecule has 0 unspecified atom stereocenters. The van der Waals surface area contributed by atoms with E-state index in [1.807, 2.05) is 45.0 Å². The van der Waals surface area contributed by atoms with Crippen LogP contribution in [0.2, 0.25) is 0 Å². The molecule has 0 bridgehead atoms. The predicted molar refractivity (Wildman–Crippen MR) is 94.4 cm³/mol. The van der Waals surface area contributed by atoms with Crippen molar-refractivity contribution in [1.29, 1.82) is 0 Å². The summed E-state index contributed by atoms with van der Waals surface area (Å²) < 4.78 is 5.14. The summed E-state index contributed by atoms with van der Waals surface area (Å²) in [6.45, 7) is 6.47. The maximum Gasteiger partial charge on any atom is 0.270 e. The number of hydrogen-bond acceptors (Lipinski definition) is 5. The number of nitrogens with one attached hydrogen (secondary N) is 2. The molecule has 1 aromatic heterocycles. The van der Waals surface area contributed by atoms with E-state index in [9.17, 15) is 4.79 Å². The summed E-state index contributed by atoms with van der Waals surface area (Å²) in [5.74, 6) is 1.08. The zero-order chi connectivity index (χ0) is 17.6. The van der Waals surface area contributed by atoms with E-state index in [1.165, 1.54) is 5.56 Å². The van der Waals surface area contributed by atoms with Gasteiger partial charge in [-0.2, -0.15) is 0 Å². The first-order chi connectivity index (χ1) is 11.4. The Balaban J connectivity index is 1.90. The van der Waals surface area contributed by atoms with E-state index in [0.717, 1.165) is 12.2 Å². The zero-order valence-electron chi connectivity index (χ0n) is 14.6. The fourth-order valence-corrected chi connectivity index (χ4v) is 2.09. The first kappa shape index (κ1) is 17.7. The van der Waals surface area contributed by atoms with Crippen LogP contribution < -0.4 is 15.4 Å². The van der Waals surface area contributed by atoms with Crippen molar-refractivity contribution < 1.29 is 9.53 Å². The Morgan fingerprint density at radius 2 is 1.88 bits per heavy atom. The van der Waals surface area contributed by atoms with E-state index >= 15 is 0 Å². The minimum absolute atomic E-state index is 0.205. The molecular formula is C18H24N4O2. The van der Waals surface area contributed by atoms with Gasteiger partial charge in [-0.1, -0.05) is 12.1 Å². The van der Waals surface area contributed by atoms with Crippen molar-refractivity contribution in [2.75, 3.05) is 19.0 Å². The van der Waals surface area contributed by atoms with Gasteiger partial charge in [0.2, 0.25) is 5.95 Å². The molecule has 2 aromatic rings. The van der Waals surface area contributed by atoms with Crippen LogP contribution in [0.25, 0.3) is 0 Å². The molecular weight excluding hydrogens is 304 g/mol. The number of anilines is 1. The Kier molecular flexibility index (Phi) is 5.73. The molecule has 0 radical (unpaired) electrons. The van der Waals surface area contributed by atoms with E-state index in [0.29, 0.717) is 18.2 Å². The Labute approximate surface area is 142 Å². The third-order valence-corrected chi connectivity index (χ3v) is 3.23. The van der Waals surface area contributed by atoms with Gasteiger partial charge < -0.3 is 15.4 Å². The highest BCUT2D eigenvalue weighted by atomic mass is 16.5. The lowest BCUT2D eigenvalue weighted by Crippen LogP contribution is -2.41. The number of nitrogens with zero attached hydrogens (tertiary/aromatic N) is 2. The maximum absolute atomic E-state index is 12.1. The smallest absolute Gasteiger partial charge is 0.270 e. The van der Waals surface area contributed by atoms with Crippen molar-refractivity contribution >= 4 is 11.9 Å². The van der Waals surface area contributed by atoms with Crippen LogP contribution in [-0.2, 0) is 6.42 Å². The van der Waals surface area contributed by atoms with Crippen molar-refractivity contribution in [2.45, 2.75) is 32.7 Å². The monoisotopic (exact) mass is 328 g/mol. The third-order valence-electron chi connectivity index (χ3n) is 3.23. The van der Waals surface area contributed by atoms with Crippen molar-refractivity contribution in [3.05, 3.63) is 47.8 Å². The highest BCUT2D eigenvalue weighted by Crippen LogP contribution is 2.12. The van der Waals surface area contributed by atoms with E-state index in [1.54, 1.807) is 19.4 Å². The Hall–Kier alpha value is -2.63. The van der Waals surface area contributed by atoms with E-state index < -0.39 is 0 Å². The highest BCUT2D eigenvalue weighted by molar-refractivity contribution is 5.92. The summed E-state index contributed by atoms with van der Waals surface area (Å²) in [7, 11) is 1.65. The van der Waals surface area contributed by atoms with E-state index in [-0.39, 0.29) is 11.4 Å². The van der Waals surface area contributed by atoms with Gasteiger partial charge in [0.05, 0.1) is 7.11 Å². The molecule has 0 saturated heterocycles. The van der Waals surface area contributed by atoms with Gasteiger partial charge in [-0.3, -0.25) is 4.79 Å². The van der Waals surface area contributed by atoms with Gasteiger partial charge in [0.1, 0.15) is 11.4 Å². The predicted octanol–water partition coefficient (Wildman–Crippen LogP) is 2.67. The standard InChI is InChI=1S/C18H24N4O2/c1-18(2,3)22-16(23)15-10-12-20-17(21-15)19-11-9-13-5-7-14(24-4)8-6-13/h5-8,10,12H,9,11H2,1-4H3,(H,22,23)(H,19,20,21). The van der Waals surface area contributed by atoms with Crippen molar-refractivity contribution in [2.24, 2.45) is 0 Å². The average molecular weight is 328 g/mol. The van der Waals surface area contributed by atoms with Crippen molar-refractivity contribution in [3.8, 4) is 5.75 Å². The molecule has 0 saturated carbocycles. The zero-order valence-corrected chi connectivity index (χ0v) is 14.6. The van der Waals surface area contributed by atoms with Gasteiger partial charge in [-0.15, -0.1) is 0 Å². The van der Waals surface area contributed by atoms with Gasteiger partial charge in [0, 0.05) is 18.3 Å². The number of rotatable bonds is 6. The minimum atomic E-state index is -0.302. The molecule has 128 valence electrons. The molecule has 0 aliphatic carbocycles. The first-order valence-electron chi connectivity index (χ1n) is 7.90. The van der Waals surface area contributed by atoms with Crippen LogP contribution in [0.1, 0.15) is 36.8 Å². The number of aromatic nitrogens is 2. The summed E-state index contributed by atoms with van der Waals surface area (Å²) in [5.41, 5.74) is 1.24. The number of carbonyl (C=O) groups is 1. The molecule has 0 atom stereocenters. The molecule has 0 aliphatic heterocycles. The van der Waals surface area contributed by atoms with Gasteiger partial charge >= 0.3 is 0 Å². The van der Waals surface area contributed by atoms with Gasteiger partial charge in [-0.05, 0) is 51.0 Å². The van der Waals surface area contributed by atoms with Crippen LogP contribution in [0.5, 0.6) is 5.75 Å². The quantitative estimate of drug-likeness (QED) is 0.852. The second-order valence-electron chi connectivity index (χ2n) is 6.49. The molecule has 1 aromatic carbocycles. The molecule has 0 fully saturated rings. The summed E-state index contributed by atoms with van der Waals surface area (Å²) in [6.07, 6.45) is 2.41. The molecule has 1 heterocycles. The third kappa shape index (κ3) is 5.53. The molecule has 6 nitrogen and oxygen atoms in total. The molecule has 6 heteroatoms. The largest absolute Gasteiger partial charge is 0.497 e. The molecule has 1 amide bonds. The lowest BCUT2D eigenvalue weighted by molar-refractivity contribution is 0.0914. The van der Waals surface area contributed by atoms with Crippen LogP contribution in [-0.4, -0.2) is 35.1 Å². The van der Waals surface area contributed by atoms with Crippen LogP contribution in [0.3, 0.4) is 0 Å². The SMILES string of the molecule is COc1ccc(CCNc2nccc(C(=O)NC(C)(C)C)n2)cc1. The van der Waals surface area contributed by atoms with Crippen molar-refractivity contribution in [1.82, 2.24) is 15.3 Å². The Morgan fingerprint density at radius 3 is 2.50 bits per heavy atom. The van der Waals surface area contributed by atoms with Crippen LogP contribution >= 0.6 is 0 Å². The van der Waals surface area contributed by atoms with Crippen molar-refractivity contribution in [3.63, 3.8) is 0 Å². The van der Waals surface area contributed by atoms with Crippen LogP contribution in [0.4, 0.5) is 5.95 Å². The summed E-state index contributed by atoms with van der Waals surface area (Å²) >= 11 is 0. The van der Waals surface area contributed by atoms with E-state index in [4.69, 9.17) is 4.74 Å². The molecule has 0 aliphatic rings. The maximum atomic E-state index is 12.1. The molecule has 2 rings (SSSR count). The number of hydrogen-bond donors (Lipinski definition) is 2. The summed E-state index contributed by atoms with van der Waals surface area (Å²) in [4.78, 5) is 20.5. The van der Waals surface area contributed by atoms with Crippen LogP contribution in [0.15, 0.2) is 36.5 Å². The normalized spacial score (nSPS) is 11.0. The first-order valence-corrected chi connectivity index (χ1v) is 7.90. The lowest BCUT2D eigenvalue weighted by atomic mass is 10.1. The Morgan fingerprint density at radius 1 is 1.17 bits per heavy atom. The second-order valence-corrected chi connectivity index (χ2v) is 6.49. The van der Waals surface area contributed by atoms with Crippen LogP contribution in [0, 0.1) is 0 Å². The molecule has 2 N–H and O–H groups in total. The van der Waals surface area contributed by atoms with Gasteiger partial charge in [-0.25, -0.2) is 9.97 Å². The number of amides is 1. The summed E-state index contributed by atoms with van der Waals surface area (Å²) in [5, 5.41) is 6.03. The second kappa shape index (κ2) is 7.77. The number of ether oxygens (including phenoxy) is 1. The number of benzene rings is 1. The molecule has 24 heavy (non-hydrogen) atoms. The average Bonchev–Trinajstić information content (AvgIpc) is 2.54. The minimum Gasteiger partial charge on any atom is -0.497 e. The van der Waals surface area contributed by atoms with Gasteiger partial charge in [0.25, 0.3) is 5.91 Å². The topological polar surface area (TPSA) is 76.1 Å². The fraction of sp³-hybridized carbons (Fsp3) is 0.389. The number of methoxy groups -OCH3 is 1. The van der Waals surface area contributed by atoms with E-state index in [2.05, 4.69) is 20.6 Å².